The Morgan fingerprint density at radius 2 is 2.00 bits per heavy atom. The van der Waals surface area contributed by atoms with Crippen LogP contribution in [0.1, 0.15) is 28.8 Å². The van der Waals surface area contributed by atoms with E-state index in [1.54, 1.807) is 19.1 Å². The number of nitrogens with two attached hydrogens (primary N) is 1. The summed E-state index contributed by atoms with van der Waals surface area (Å²) in [6, 6.07) is 5.10. The molecule has 1 saturated heterocycles. The number of likely N-dealkylation sites (tertiary alicyclic amines) is 1. The van der Waals surface area contributed by atoms with Crippen molar-refractivity contribution in [2.45, 2.75) is 30.7 Å². The number of sulfone groups is 1. The molecule has 1 aliphatic carbocycles. The third-order valence-electron chi connectivity index (χ3n) is 5.03. The average molecular weight is 322 g/mol. The normalized spacial score (nSPS) is 28.0. The Hall–Kier alpha value is -1.40. The van der Waals surface area contributed by atoms with Crippen molar-refractivity contribution in [3.05, 3.63) is 29.3 Å². The second-order valence-corrected chi connectivity index (χ2v) is 8.61. The summed E-state index contributed by atoms with van der Waals surface area (Å²) in [5.41, 5.74) is 7.21. The molecule has 3 atom stereocenters. The third kappa shape index (κ3) is 2.65. The molecular weight excluding hydrogens is 300 g/mol. The second kappa shape index (κ2) is 5.35. The fourth-order valence-corrected chi connectivity index (χ4v) is 4.78. The van der Waals surface area contributed by atoms with E-state index in [1.807, 2.05) is 4.90 Å². The number of carbonyl (C=O) groups excluding carboxylic acids is 1. The van der Waals surface area contributed by atoms with Gasteiger partial charge in [-0.3, -0.25) is 4.79 Å². The van der Waals surface area contributed by atoms with Gasteiger partial charge in [0.25, 0.3) is 5.91 Å². The van der Waals surface area contributed by atoms with E-state index < -0.39 is 9.84 Å². The SMILES string of the molecule is Cc1ccc(C(=O)N2CC3CCC(N)C3C2)cc1S(C)(=O)=O. The van der Waals surface area contributed by atoms with E-state index >= 15 is 0 Å². The summed E-state index contributed by atoms with van der Waals surface area (Å²) < 4.78 is 23.6. The molecule has 1 aromatic rings. The molecule has 120 valence electrons. The molecule has 5 nitrogen and oxygen atoms in total. The lowest BCUT2D eigenvalue weighted by atomic mass is 9.98. The highest BCUT2D eigenvalue weighted by molar-refractivity contribution is 7.90. The van der Waals surface area contributed by atoms with Gasteiger partial charge < -0.3 is 10.6 Å². The van der Waals surface area contributed by atoms with E-state index in [9.17, 15) is 13.2 Å². The minimum absolute atomic E-state index is 0.0912. The molecule has 3 rings (SSSR count). The largest absolute Gasteiger partial charge is 0.338 e. The molecule has 0 spiro atoms. The number of amides is 1. The van der Waals surface area contributed by atoms with Crippen LogP contribution in [-0.4, -0.2) is 44.6 Å². The van der Waals surface area contributed by atoms with Crippen molar-refractivity contribution in [1.29, 1.82) is 0 Å². The lowest BCUT2D eigenvalue weighted by molar-refractivity contribution is 0.0779. The maximum Gasteiger partial charge on any atom is 0.253 e. The van der Waals surface area contributed by atoms with Gasteiger partial charge in [0.1, 0.15) is 0 Å². The topological polar surface area (TPSA) is 80.5 Å². The maximum atomic E-state index is 12.7. The van der Waals surface area contributed by atoms with Crippen LogP contribution in [0.2, 0.25) is 0 Å². The number of rotatable bonds is 2. The van der Waals surface area contributed by atoms with Crippen molar-refractivity contribution >= 4 is 15.7 Å². The van der Waals surface area contributed by atoms with Crippen molar-refractivity contribution in [1.82, 2.24) is 4.90 Å². The highest BCUT2D eigenvalue weighted by atomic mass is 32.2. The monoisotopic (exact) mass is 322 g/mol. The number of benzene rings is 1. The van der Waals surface area contributed by atoms with Gasteiger partial charge in [-0.1, -0.05) is 6.07 Å². The first kappa shape index (κ1) is 15.5. The van der Waals surface area contributed by atoms with Crippen LogP contribution in [-0.2, 0) is 9.84 Å². The molecule has 6 heteroatoms. The van der Waals surface area contributed by atoms with Crippen molar-refractivity contribution in [3.8, 4) is 0 Å². The summed E-state index contributed by atoms with van der Waals surface area (Å²) in [7, 11) is -3.33. The van der Waals surface area contributed by atoms with Crippen LogP contribution in [0.15, 0.2) is 23.1 Å². The van der Waals surface area contributed by atoms with E-state index in [0.29, 0.717) is 29.5 Å². The molecular formula is C16H22N2O3S. The molecule has 22 heavy (non-hydrogen) atoms. The van der Waals surface area contributed by atoms with Gasteiger partial charge in [0.05, 0.1) is 4.90 Å². The Labute approximate surface area is 131 Å². The van der Waals surface area contributed by atoms with Gasteiger partial charge in [-0.2, -0.15) is 0 Å². The van der Waals surface area contributed by atoms with Crippen LogP contribution in [0, 0.1) is 18.8 Å². The van der Waals surface area contributed by atoms with Crippen molar-refractivity contribution in [3.63, 3.8) is 0 Å². The molecule has 2 N–H and O–H groups in total. The van der Waals surface area contributed by atoms with Gasteiger partial charge >= 0.3 is 0 Å². The molecule has 1 aliphatic heterocycles. The summed E-state index contributed by atoms with van der Waals surface area (Å²) in [6.45, 7) is 3.16. The van der Waals surface area contributed by atoms with Gasteiger partial charge in [0.15, 0.2) is 9.84 Å². The van der Waals surface area contributed by atoms with Crippen LogP contribution < -0.4 is 5.73 Å². The molecule has 1 saturated carbocycles. The predicted molar refractivity (Wildman–Crippen MR) is 84.4 cm³/mol. The van der Waals surface area contributed by atoms with Crippen LogP contribution in [0.25, 0.3) is 0 Å². The summed E-state index contributed by atoms with van der Waals surface area (Å²) in [5.74, 6) is 0.800. The van der Waals surface area contributed by atoms with E-state index in [4.69, 9.17) is 5.73 Å². The van der Waals surface area contributed by atoms with Gasteiger partial charge in [0.2, 0.25) is 0 Å². The van der Waals surface area contributed by atoms with E-state index in [0.717, 1.165) is 19.4 Å². The Morgan fingerprint density at radius 3 is 2.64 bits per heavy atom. The van der Waals surface area contributed by atoms with Crippen molar-refractivity contribution in [2.24, 2.45) is 17.6 Å². The van der Waals surface area contributed by atoms with E-state index in [1.165, 1.54) is 12.3 Å². The number of hydrogen-bond acceptors (Lipinski definition) is 4. The maximum absolute atomic E-state index is 12.7. The summed E-state index contributed by atoms with van der Waals surface area (Å²) >= 11 is 0. The van der Waals surface area contributed by atoms with Gasteiger partial charge in [-0.25, -0.2) is 8.42 Å². The molecule has 2 fully saturated rings. The zero-order valence-corrected chi connectivity index (χ0v) is 13.8. The van der Waals surface area contributed by atoms with E-state index in [2.05, 4.69) is 0 Å². The fraction of sp³-hybridized carbons (Fsp3) is 0.562. The molecule has 0 bridgehead atoms. The number of carbonyl (C=O) groups is 1. The number of fused-ring (bicyclic) bond motifs is 1. The van der Waals surface area contributed by atoms with Crippen LogP contribution in [0.3, 0.4) is 0 Å². The molecule has 3 unspecified atom stereocenters. The lowest BCUT2D eigenvalue weighted by Gasteiger charge is -2.19. The molecule has 0 aromatic heterocycles. The van der Waals surface area contributed by atoms with Gasteiger partial charge in [0, 0.05) is 31.0 Å². The third-order valence-corrected chi connectivity index (χ3v) is 6.27. The second-order valence-electron chi connectivity index (χ2n) is 6.63. The zero-order valence-electron chi connectivity index (χ0n) is 13.0. The van der Waals surface area contributed by atoms with E-state index in [-0.39, 0.29) is 16.8 Å². The Balaban J connectivity index is 1.85. The van der Waals surface area contributed by atoms with Gasteiger partial charge in [-0.05, 0) is 49.3 Å². The minimum atomic E-state index is -3.33. The summed E-state index contributed by atoms with van der Waals surface area (Å²) in [5, 5.41) is 0. The van der Waals surface area contributed by atoms with Crippen molar-refractivity contribution < 1.29 is 13.2 Å². The highest BCUT2D eigenvalue weighted by Gasteiger charge is 2.42. The first-order valence-corrected chi connectivity index (χ1v) is 9.52. The summed E-state index contributed by atoms with van der Waals surface area (Å²) in [4.78, 5) is 14.7. The predicted octanol–water partition coefficient (Wildman–Crippen LogP) is 1.21. The lowest BCUT2D eigenvalue weighted by Crippen LogP contribution is -2.33. The fourth-order valence-electron chi connectivity index (χ4n) is 3.79. The Kier molecular flexibility index (Phi) is 3.77. The molecule has 1 aromatic carbocycles. The molecule has 1 heterocycles. The van der Waals surface area contributed by atoms with Crippen LogP contribution >= 0.6 is 0 Å². The number of nitrogens with zero attached hydrogens (tertiary/aromatic N) is 1. The Bertz CT molecular complexity index is 714. The average Bonchev–Trinajstić information content (AvgIpc) is 3.00. The number of hydrogen-bond donors (Lipinski definition) is 1. The quantitative estimate of drug-likeness (QED) is 0.887. The molecule has 1 amide bonds. The van der Waals surface area contributed by atoms with Crippen molar-refractivity contribution in [2.75, 3.05) is 19.3 Å². The van der Waals surface area contributed by atoms with Crippen LogP contribution in [0.5, 0.6) is 0 Å². The standard InChI is InChI=1S/C16H22N2O3S/c1-10-3-4-11(7-15(10)22(2,20)21)16(19)18-8-12-5-6-14(17)13(12)9-18/h3-4,7,12-14H,5-6,8-9,17H2,1-2H3. The smallest absolute Gasteiger partial charge is 0.253 e. The first-order valence-electron chi connectivity index (χ1n) is 7.63. The van der Waals surface area contributed by atoms with Gasteiger partial charge in [-0.15, -0.1) is 0 Å². The highest BCUT2D eigenvalue weighted by Crippen LogP contribution is 2.37. The summed E-state index contributed by atoms with van der Waals surface area (Å²) in [6.07, 6.45) is 3.29. The first-order chi connectivity index (χ1) is 10.3. The van der Waals surface area contributed by atoms with Crippen LogP contribution in [0.4, 0.5) is 0 Å². The number of aryl methyl sites for hydroxylation is 1. The molecule has 0 radical (unpaired) electrons. The zero-order chi connectivity index (χ0) is 16.1. The minimum Gasteiger partial charge on any atom is -0.338 e. The Morgan fingerprint density at radius 1 is 1.27 bits per heavy atom. The molecule has 2 aliphatic rings.